The van der Waals surface area contributed by atoms with E-state index in [-0.39, 0.29) is 17.5 Å². The zero-order chi connectivity index (χ0) is 14.4. The molecule has 1 N–H and O–H groups in total. The highest BCUT2D eigenvalue weighted by Gasteiger charge is 2.05. The van der Waals surface area contributed by atoms with Gasteiger partial charge in [-0.2, -0.15) is 5.10 Å². The van der Waals surface area contributed by atoms with Crippen LogP contribution in [0.3, 0.4) is 0 Å². The number of aryl methyl sites for hydroxylation is 1. The fraction of sp³-hybridized carbons (Fsp3) is 0.143. The number of rotatable bonds is 5. The normalized spacial score (nSPS) is 10.9. The highest BCUT2D eigenvalue weighted by molar-refractivity contribution is 8.00. The fourth-order valence-electron chi connectivity index (χ4n) is 1.42. The van der Waals surface area contributed by atoms with Gasteiger partial charge < -0.3 is 0 Å². The molecule has 0 radical (unpaired) electrons. The zero-order valence-electron chi connectivity index (χ0n) is 10.8. The van der Waals surface area contributed by atoms with E-state index in [1.165, 1.54) is 6.07 Å². The molecule has 0 spiro atoms. The highest BCUT2D eigenvalue weighted by atomic mass is 32.2. The number of amides is 1. The molecule has 1 aromatic heterocycles. The number of halogens is 1. The van der Waals surface area contributed by atoms with Gasteiger partial charge in [0, 0.05) is 9.77 Å². The van der Waals surface area contributed by atoms with Crippen LogP contribution < -0.4 is 5.43 Å². The minimum atomic E-state index is -0.317. The van der Waals surface area contributed by atoms with Gasteiger partial charge in [0.15, 0.2) is 0 Å². The third-order valence-corrected chi connectivity index (χ3v) is 4.47. The highest BCUT2D eigenvalue weighted by Crippen LogP contribution is 2.20. The summed E-state index contributed by atoms with van der Waals surface area (Å²) in [7, 11) is 0. The average molecular weight is 308 g/mol. The smallest absolute Gasteiger partial charge is 0.250 e. The maximum atomic E-state index is 13.3. The number of benzene rings is 1. The molecule has 0 aliphatic heterocycles. The van der Waals surface area contributed by atoms with Crippen molar-refractivity contribution in [2.45, 2.75) is 11.8 Å². The first-order valence-electron chi connectivity index (χ1n) is 5.90. The summed E-state index contributed by atoms with van der Waals surface area (Å²) in [5.74, 6) is -0.450. The quantitative estimate of drug-likeness (QED) is 0.522. The minimum Gasteiger partial charge on any atom is -0.272 e. The Kier molecular flexibility index (Phi) is 5.31. The van der Waals surface area contributed by atoms with Gasteiger partial charge in [-0.3, -0.25) is 4.79 Å². The number of nitrogens with one attached hydrogen (secondary N) is 1. The van der Waals surface area contributed by atoms with Gasteiger partial charge in [-0.1, -0.05) is 12.1 Å². The third kappa shape index (κ3) is 4.18. The molecule has 6 heteroatoms. The van der Waals surface area contributed by atoms with Crippen LogP contribution in [-0.2, 0) is 4.79 Å². The number of hydrogen-bond acceptors (Lipinski definition) is 4. The predicted octanol–water partition coefficient (Wildman–Crippen LogP) is 3.44. The van der Waals surface area contributed by atoms with Gasteiger partial charge in [-0.05, 0) is 36.1 Å². The number of carbonyl (C=O) groups excluding carboxylic acids is 1. The van der Waals surface area contributed by atoms with E-state index in [0.717, 1.165) is 22.2 Å². The Labute approximate surface area is 124 Å². The summed E-state index contributed by atoms with van der Waals surface area (Å²) in [4.78, 5) is 13.0. The van der Waals surface area contributed by atoms with E-state index < -0.39 is 0 Å². The summed E-state index contributed by atoms with van der Waals surface area (Å²) in [5, 5.41) is 5.85. The average Bonchev–Trinajstić information content (AvgIpc) is 2.84. The Hall–Kier alpha value is -1.66. The van der Waals surface area contributed by atoms with Crippen molar-refractivity contribution < 1.29 is 9.18 Å². The van der Waals surface area contributed by atoms with Crippen molar-refractivity contribution in [1.82, 2.24) is 5.43 Å². The zero-order valence-corrected chi connectivity index (χ0v) is 12.4. The molecule has 1 amide bonds. The molecule has 0 fully saturated rings. The van der Waals surface area contributed by atoms with Gasteiger partial charge in [-0.25, -0.2) is 9.82 Å². The van der Waals surface area contributed by atoms with Crippen molar-refractivity contribution in [2.75, 3.05) is 5.75 Å². The van der Waals surface area contributed by atoms with Gasteiger partial charge >= 0.3 is 0 Å². The van der Waals surface area contributed by atoms with E-state index in [1.807, 2.05) is 18.4 Å². The maximum absolute atomic E-state index is 13.3. The topological polar surface area (TPSA) is 41.5 Å². The molecule has 1 heterocycles. The van der Waals surface area contributed by atoms with Gasteiger partial charge in [0.1, 0.15) is 5.82 Å². The molecule has 0 saturated carbocycles. The van der Waals surface area contributed by atoms with E-state index in [4.69, 9.17) is 0 Å². The standard InChI is InChI=1S/C14H13FN2OS2/c1-10-6-7-19-13(10)8-16-17-14(18)9-20-12-5-3-2-4-11(12)15/h2-8H,9H2,1H3,(H,17,18)/b16-8+. The van der Waals surface area contributed by atoms with Crippen molar-refractivity contribution in [1.29, 1.82) is 0 Å². The van der Waals surface area contributed by atoms with Crippen LogP contribution in [0.15, 0.2) is 45.7 Å². The van der Waals surface area contributed by atoms with Crippen LogP contribution in [0, 0.1) is 12.7 Å². The summed E-state index contributed by atoms with van der Waals surface area (Å²) in [6.07, 6.45) is 1.62. The molecule has 0 saturated heterocycles. The summed E-state index contributed by atoms with van der Waals surface area (Å²) >= 11 is 2.71. The summed E-state index contributed by atoms with van der Waals surface area (Å²) in [6, 6.07) is 8.36. The molecule has 20 heavy (non-hydrogen) atoms. The van der Waals surface area contributed by atoms with Crippen LogP contribution in [0.1, 0.15) is 10.4 Å². The molecule has 0 unspecified atom stereocenters. The Morgan fingerprint density at radius 2 is 2.25 bits per heavy atom. The lowest BCUT2D eigenvalue weighted by atomic mass is 10.3. The fourth-order valence-corrected chi connectivity index (χ4v) is 2.94. The molecule has 0 aliphatic rings. The van der Waals surface area contributed by atoms with E-state index in [2.05, 4.69) is 10.5 Å². The van der Waals surface area contributed by atoms with Crippen molar-refractivity contribution in [3.8, 4) is 0 Å². The Bertz CT molecular complexity index is 625. The first-order valence-corrected chi connectivity index (χ1v) is 7.76. The lowest BCUT2D eigenvalue weighted by molar-refractivity contribution is -0.118. The van der Waals surface area contributed by atoms with E-state index >= 15 is 0 Å². The molecule has 1 aromatic carbocycles. The minimum absolute atomic E-state index is 0.127. The van der Waals surface area contributed by atoms with E-state index in [1.54, 1.807) is 35.8 Å². The predicted molar refractivity (Wildman–Crippen MR) is 81.9 cm³/mol. The van der Waals surface area contributed by atoms with Gasteiger partial charge in [0.05, 0.1) is 12.0 Å². The van der Waals surface area contributed by atoms with Crippen molar-refractivity contribution in [3.63, 3.8) is 0 Å². The van der Waals surface area contributed by atoms with Gasteiger partial charge in [-0.15, -0.1) is 23.1 Å². The molecule has 2 aromatic rings. The molecule has 2 rings (SSSR count). The van der Waals surface area contributed by atoms with Gasteiger partial charge in [0.25, 0.3) is 0 Å². The lowest BCUT2D eigenvalue weighted by Crippen LogP contribution is -2.19. The monoisotopic (exact) mass is 308 g/mol. The summed E-state index contributed by atoms with van der Waals surface area (Å²) < 4.78 is 13.3. The molecule has 0 bridgehead atoms. The first kappa shape index (κ1) is 14.7. The largest absolute Gasteiger partial charge is 0.272 e. The summed E-state index contributed by atoms with van der Waals surface area (Å²) in [5.41, 5.74) is 3.55. The Morgan fingerprint density at radius 3 is 2.95 bits per heavy atom. The van der Waals surface area contributed by atoms with E-state index in [0.29, 0.717) is 4.90 Å². The van der Waals surface area contributed by atoms with Crippen molar-refractivity contribution in [2.24, 2.45) is 5.10 Å². The number of thioether (sulfide) groups is 1. The lowest BCUT2D eigenvalue weighted by Gasteiger charge is -2.01. The first-order chi connectivity index (χ1) is 9.66. The van der Waals surface area contributed by atoms with E-state index in [9.17, 15) is 9.18 Å². The summed E-state index contributed by atoms with van der Waals surface area (Å²) in [6.45, 7) is 1.98. The van der Waals surface area contributed by atoms with Crippen LogP contribution in [-0.4, -0.2) is 17.9 Å². The van der Waals surface area contributed by atoms with Crippen LogP contribution in [0.25, 0.3) is 0 Å². The third-order valence-electron chi connectivity index (χ3n) is 2.47. The van der Waals surface area contributed by atoms with Gasteiger partial charge in [0.2, 0.25) is 5.91 Å². The molecular formula is C14H13FN2OS2. The Morgan fingerprint density at radius 1 is 1.45 bits per heavy atom. The second kappa shape index (κ2) is 7.21. The number of carbonyl (C=O) groups is 1. The molecule has 0 atom stereocenters. The molecule has 3 nitrogen and oxygen atoms in total. The number of hydrazone groups is 1. The SMILES string of the molecule is Cc1ccsc1/C=N/NC(=O)CSc1ccccc1F. The van der Waals surface area contributed by atoms with Crippen molar-refractivity contribution >= 4 is 35.2 Å². The van der Waals surface area contributed by atoms with Crippen LogP contribution >= 0.6 is 23.1 Å². The maximum Gasteiger partial charge on any atom is 0.250 e. The number of thiophene rings is 1. The van der Waals surface area contributed by atoms with Crippen LogP contribution in [0.2, 0.25) is 0 Å². The molecular weight excluding hydrogens is 295 g/mol. The molecule has 104 valence electrons. The number of nitrogens with zero attached hydrogens (tertiary/aromatic N) is 1. The van der Waals surface area contributed by atoms with Crippen LogP contribution in [0.5, 0.6) is 0 Å². The second-order valence-electron chi connectivity index (χ2n) is 3.98. The number of hydrogen-bond donors (Lipinski definition) is 1. The second-order valence-corrected chi connectivity index (χ2v) is 5.95. The Balaban J connectivity index is 1.80. The molecule has 0 aliphatic carbocycles. The van der Waals surface area contributed by atoms with Crippen LogP contribution in [0.4, 0.5) is 4.39 Å². The van der Waals surface area contributed by atoms with Crippen molar-refractivity contribution in [3.05, 3.63) is 52.0 Å².